The SMILES string of the molecule is COCCOCN(c1noc(C)c1C)S(=O)(=O)c1ccccc1-c1ccc(-c2ncccn2)cc1CBr. The predicted octanol–water partition coefficient (Wildman–Crippen LogP) is 5.13. The van der Waals surface area contributed by atoms with E-state index in [1.54, 1.807) is 57.6 Å². The first-order chi connectivity index (χ1) is 17.9. The molecule has 11 heteroatoms. The lowest BCUT2D eigenvalue weighted by Gasteiger charge is -2.24. The zero-order chi connectivity index (χ0) is 26.4. The Morgan fingerprint density at radius 2 is 1.76 bits per heavy atom. The van der Waals surface area contributed by atoms with Crippen LogP contribution in [-0.2, 0) is 24.8 Å². The van der Waals surface area contributed by atoms with Crippen LogP contribution in [0, 0.1) is 13.8 Å². The van der Waals surface area contributed by atoms with Crippen molar-refractivity contribution in [2.24, 2.45) is 0 Å². The van der Waals surface area contributed by atoms with Crippen molar-refractivity contribution in [1.29, 1.82) is 0 Å². The first-order valence-electron chi connectivity index (χ1n) is 11.5. The average molecular weight is 587 g/mol. The molecule has 0 saturated carbocycles. The maximum Gasteiger partial charge on any atom is 0.268 e. The number of aromatic nitrogens is 3. The van der Waals surface area contributed by atoms with Gasteiger partial charge in [0.1, 0.15) is 12.5 Å². The number of rotatable bonds is 11. The first kappa shape index (κ1) is 26.9. The number of methoxy groups -OCH3 is 1. The number of halogens is 1. The summed E-state index contributed by atoms with van der Waals surface area (Å²) in [4.78, 5) is 8.77. The number of sulfonamides is 1. The second-order valence-corrected chi connectivity index (χ2v) is 10.5. The number of benzene rings is 2. The minimum Gasteiger partial charge on any atom is -0.382 e. The van der Waals surface area contributed by atoms with Crippen LogP contribution in [0.5, 0.6) is 0 Å². The highest BCUT2D eigenvalue weighted by atomic mass is 79.9. The molecule has 0 aliphatic carbocycles. The van der Waals surface area contributed by atoms with Crippen molar-refractivity contribution in [2.75, 3.05) is 31.4 Å². The van der Waals surface area contributed by atoms with Gasteiger partial charge in [-0.15, -0.1) is 0 Å². The highest BCUT2D eigenvalue weighted by molar-refractivity contribution is 9.08. The molecule has 2 aromatic carbocycles. The van der Waals surface area contributed by atoms with Crippen LogP contribution in [0.15, 0.2) is 70.3 Å². The van der Waals surface area contributed by atoms with E-state index < -0.39 is 10.0 Å². The predicted molar refractivity (Wildman–Crippen MR) is 144 cm³/mol. The summed E-state index contributed by atoms with van der Waals surface area (Å²) in [5, 5.41) is 4.53. The number of hydrogen-bond donors (Lipinski definition) is 0. The lowest BCUT2D eigenvalue weighted by Crippen LogP contribution is -2.35. The summed E-state index contributed by atoms with van der Waals surface area (Å²) < 4.78 is 45.4. The largest absolute Gasteiger partial charge is 0.382 e. The molecule has 0 aliphatic heterocycles. The van der Waals surface area contributed by atoms with Crippen LogP contribution < -0.4 is 4.31 Å². The Bertz CT molecular complexity index is 1460. The number of alkyl halides is 1. The Hall–Kier alpha value is -3.12. The molecule has 0 aliphatic rings. The smallest absolute Gasteiger partial charge is 0.268 e. The van der Waals surface area contributed by atoms with E-state index in [4.69, 9.17) is 14.0 Å². The summed E-state index contributed by atoms with van der Waals surface area (Å²) in [6.07, 6.45) is 3.37. The number of anilines is 1. The quantitative estimate of drug-likeness (QED) is 0.135. The summed E-state index contributed by atoms with van der Waals surface area (Å²) in [7, 11) is -2.56. The van der Waals surface area contributed by atoms with Crippen LogP contribution in [-0.4, -0.2) is 50.6 Å². The van der Waals surface area contributed by atoms with E-state index in [2.05, 4.69) is 31.1 Å². The van der Waals surface area contributed by atoms with Crippen molar-refractivity contribution in [2.45, 2.75) is 24.1 Å². The standard InChI is InChI=1S/C26H27BrN4O5S/c1-18-19(2)36-30-26(18)31(17-35-14-13-34-3)37(32,33)24-8-5-4-7-23(24)22-10-9-20(15-21(22)16-27)25-28-11-6-12-29-25/h4-12,15H,13-14,16-17H2,1-3H3. The Balaban J connectivity index is 1.80. The fraction of sp³-hybridized carbons (Fsp3) is 0.269. The van der Waals surface area contributed by atoms with Crippen molar-refractivity contribution in [1.82, 2.24) is 15.1 Å². The summed E-state index contributed by atoms with van der Waals surface area (Å²) in [6.45, 7) is 3.79. The zero-order valence-electron chi connectivity index (χ0n) is 20.7. The molecule has 9 nitrogen and oxygen atoms in total. The van der Waals surface area contributed by atoms with E-state index in [1.807, 2.05) is 24.3 Å². The Morgan fingerprint density at radius 3 is 2.43 bits per heavy atom. The van der Waals surface area contributed by atoms with Crippen LogP contribution in [0.3, 0.4) is 0 Å². The van der Waals surface area contributed by atoms with E-state index in [1.165, 1.54) is 0 Å². The van der Waals surface area contributed by atoms with Crippen molar-refractivity contribution in [3.63, 3.8) is 0 Å². The molecule has 0 fully saturated rings. The van der Waals surface area contributed by atoms with Crippen LogP contribution in [0.25, 0.3) is 22.5 Å². The molecule has 4 rings (SSSR count). The second kappa shape index (κ2) is 12.0. The molecule has 37 heavy (non-hydrogen) atoms. The van der Waals surface area contributed by atoms with Gasteiger partial charge in [0, 0.05) is 41.5 Å². The van der Waals surface area contributed by atoms with Gasteiger partial charge < -0.3 is 14.0 Å². The molecule has 0 saturated heterocycles. The first-order valence-corrected chi connectivity index (χ1v) is 14.0. The van der Waals surface area contributed by atoms with Gasteiger partial charge in [-0.3, -0.25) is 0 Å². The maximum atomic E-state index is 14.1. The molecule has 0 unspecified atom stereocenters. The van der Waals surface area contributed by atoms with Crippen molar-refractivity contribution < 1.29 is 22.4 Å². The summed E-state index contributed by atoms with van der Waals surface area (Å²) in [5.41, 5.74) is 3.66. The lowest BCUT2D eigenvalue weighted by molar-refractivity contribution is 0.0753. The van der Waals surface area contributed by atoms with E-state index in [9.17, 15) is 8.42 Å². The van der Waals surface area contributed by atoms with Gasteiger partial charge in [-0.2, -0.15) is 0 Å². The molecule has 194 valence electrons. The minimum atomic E-state index is -4.11. The second-order valence-electron chi connectivity index (χ2n) is 8.15. The molecule has 0 bridgehead atoms. The summed E-state index contributed by atoms with van der Waals surface area (Å²) in [5.74, 6) is 1.30. The molecule has 0 amide bonds. The van der Waals surface area contributed by atoms with Crippen molar-refractivity contribution in [3.8, 4) is 22.5 Å². The average Bonchev–Trinajstić information content (AvgIpc) is 3.26. The third-order valence-electron chi connectivity index (χ3n) is 5.83. The Kier molecular flexibility index (Phi) is 8.70. The van der Waals surface area contributed by atoms with Gasteiger partial charge in [0.2, 0.25) is 0 Å². The summed E-state index contributed by atoms with van der Waals surface area (Å²) in [6, 6.07) is 14.4. The minimum absolute atomic E-state index is 0.122. The third-order valence-corrected chi connectivity index (χ3v) is 8.20. The zero-order valence-corrected chi connectivity index (χ0v) is 23.1. The van der Waals surface area contributed by atoms with Gasteiger partial charge in [-0.05, 0) is 43.2 Å². The van der Waals surface area contributed by atoms with E-state index in [0.29, 0.717) is 34.6 Å². The van der Waals surface area contributed by atoms with E-state index in [-0.39, 0.29) is 24.1 Å². The lowest BCUT2D eigenvalue weighted by atomic mass is 9.98. The monoisotopic (exact) mass is 586 g/mol. The molecule has 2 aromatic heterocycles. The molecule has 0 spiro atoms. The van der Waals surface area contributed by atoms with Crippen molar-refractivity contribution >= 4 is 31.8 Å². The molecular formula is C26H27BrN4O5S. The van der Waals surface area contributed by atoms with Gasteiger partial charge in [-0.1, -0.05) is 51.4 Å². The van der Waals surface area contributed by atoms with Gasteiger partial charge in [0.05, 0.1) is 18.1 Å². The van der Waals surface area contributed by atoms with Crippen molar-refractivity contribution in [3.05, 3.63) is 77.8 Å². The maximum absolute atomic E-state index is 14.1. The van der Waals surface area contributed by atoms with Gasteiger partial charge in [0.25, 0.3) is 10.0 Å². The Labute approximate surface area is 224 Å². The van der Waals surface area contributed by atoms with Gasteiger partial charge in [-0.25, -0.2) is 22.7 Å². The van der Waals surface area contributed by atoms with Crippen LogP contribution in [0.1, 0.15) is 16.9 Å². The van der Waals surface area contributed by atoms with Crippen LogP contribution in [0.4, 0.5) is 5.82 Å². The number of ether oxygens (including phenoxy) is 2. The van der Waals surface area contributed by atoms with E-state index >= 15 is 0 Å². The molecular weight excluding hydrogens is 560 g/mol. The number of nitrogens with zero attached hydrogens (tertiary/aromatic N) is 4. The van der Waals surface area contributed by atoms with Gasteiger partial charge >= 0.3 is 0 Å². The van der Waals surface area contributed by atoms with Crippen LogP contribution in [0.2, 0.25) is 0 Å². The highest BCUT2D eigenvalue weighted by Gasteiger charge is 2.32. The molecule has 2 heterocycles. The van der Waals surface area contributed by atoms with E-state index in [0.717, 1.165) is 21.0 Å². The number of hydrogen-bond acceptors (Lipinski definition) is 8. The third kappa shape index (κ3) is 5.74. The normalized spacial score (nSPS) is 11.6. The summed E-state index contributed by atoms with van der Waals surface area (Å²) >= 11 is 3.56. The molecule has 0 radical (unpaired) electrons. The highest BCUT2D eigenvalue weighted by Crippen LogP contribution is 2.36. The topological polar surface area (TPSA) is 108 Å². The Morgan fingerprint density at radius 1 is 1.00 bits per heavy atom. The molecule has 0 N–H and O–H groups in total. The van der Waals surface area contributed by atoms with Crippen LogP contribution >= 0.6 is 15.9 Å². The molecule has 0 atom stereocenters. The number of aryl methyl sites for hydroxylation is 1. The fourth-order valence-corrected chi connectivity index (χ4v) is 5.78. The molecule has 4 aromatic rings. The fourth-order valence-electron chi connectivity index (χ4n) is 3.76. The van der Waals surface area contributed by atoms with Gasteiger partial charge in [0.15, 0.2) is 11.6 Å².